The number of aromatic nitrogens is 1. The van der Waals surface area contributed by atoms with Gasteiger partial charge in [-0.05, 0) is 46.0 Å². The van der Waals surface area contributed by atoms with E-state index in [1.807, 2.05) is 11.3 Å². The van der Waals surface area contributed by atoms with Crippen LogP contribution in [-0.2, 0) is 23.1 Å². The molecule has 1 aromatic heterocycles. The predicted molar refractivity (Wildman–Crippen MR) is 80.9 cm³/mol. The molecule has 0 spiro atoms. The standard InChI is InChI=1S/C15H26N2OS/c1-5-15(10-18-4,17-11(2)3)14-16-12-8-6-7-9-13(12)19-14/h11,17H,5-10H2,1-4H3. The highest BCUT2D eigenvalue weighted by atomic mass is 32.1. The summed E-state index contributed by atoms with van der Waals surface area (Å²) in [4.78, 5) is 6.44. The van der Waals surface area contributed by atoms with E-state index in [2.05, 4.69) is 26.1 Å². The van der Waals surface area contributed by atoms with Gasteiger partial charge in [0.2, 0.25) is 0 Å². The van der Waals surface area contributed by atoms with Crippen LogP contribution in [0.1, 0.15) is 55.6 Å². The van der Waals surface area contributed by atoms with Crippen molar-refractivity contribution in [3.8, 4) is 0 Å². The van der Waals surface area contributed by atoms with Crippen LogP contribution in [-0.4, -0.2) is 24.7 Å². The molecular weight excluding hydrogens is 256 g/mol. The second-order valence-electron chi connectivity index (χ2n) is 5.76. The van der Waals surface area contributed by atoms with Gasteiger partial charge in [0.05, 0.1) is 17.8 Å². The van der Waals surface area contributed by atoms with Crippen LogP contribution in [0.25, 0.3) is 0 Å². The molecule has 4 heteroatoms. The highest BCUT2D eigenvalue weighted by Gasteiger charge is 2.35. The predicted octanol–water partition coefficient (Wildman–Crippen LogP) is 3.27. The molecule has 1 unspecified atom stereocenters. The number of hydrogen-bond acceptors (Lipinski definition) is 4. The van der Waals surface area contributed by atoms with Crippen LogP contribution in [0.5, 0.6) is 0 Å². The van der Waals surface area contributed by atoms with Crippen molar-refractivity contribution in [1.82, 2.24) is 10.3 Å². The SMILES string of the molecule is CCC(COC)(NC(C)C)c1nc2c(s1)CCCC2. The first-order chi connectivity index (χ1) is 9.11. The Hall–Kier alpha value is -0.450. The molecule has 0 amide bonds. The Bertz CT molecular complexity index is 393. The van der Waals surface area contributed by atoms with Crippen LogP contribution in [0.2, 0.25) is 0 Å². The molecule has 1 atom stereocenters. The Labute approximate surface area is 120 Å². The van der Waals surface area contributed by atoms with E-state index in [0.29, 0.717) is 12.6 Å². The van der Waals surface area contributed by atoms with Crippen LogP contribution in [0.15, 0.2) is 0 Å². The Morgan fingerprint density at radius 1 is 1.37 bits per heavy atom. The first-order valence-electron chi connectivity index (χ1n) is 7.37. The molecule has 0 saturated carbocycles. The Kier molecular flexibility index (Phi) is 4.98. The second kappa shape index (κ2) is 6.33. The van der Waals surface area contributed by atoms with Gasteiger partial charge in [-0.1, -0.05) is 6.92 Å². The average molecular weight is 282 g/mol. The van der Waals surface area contributed by atoms with Gasteiger partial charge < -0.3 is 10.1 Å². The van der Waals surface area contributed by atoms with Gasteiger partial charge in [-0.25, -0.2) is 4.98 Å². The lowest BCUT2D eigenvalue weighted by Crippen LogP contribution is -2.48. The lowest BCUT2D eigenvalue weighted by atomic mass is 9.96. The van der Waals surface area contributed by atoms with Crippen molar-refractivity contribution < 1.29 is 4.74 Å². The molecule has 1 N–H and O–H groups in total. The maximum Gasteiger partial charge on any atom is 0.116 e. The van der Waals surface area contributed by atoms with Crippen molar-refractivity contribution in [2.75, 3.05) is 13.7 Å². The minimum absolute atomic E-state index is 0.120. The van der Waals surface area contributed by atoms with Crippen molar-refractivity contribution in [2.45, 2.75) is 64.5 Å². The lowest BCUT2D eigenvalue weighted by Gasteiger charge is -2.33. The Morgan fingerprint density at radius 3 is 2.68 bits per heavy atom. The zero-order chi connectivity index (χ0) is 13.9. The van der Waals surface area contributed by atoms with Crippen LogP contribution < -0.4 is 5.32 Å². The monoisotopic (exact) mass is 282 g/mol. The van der Waals surface area contributed by atoms with E-state index >= 15 is 0 Å². The summed E-state index contributed by atoms with van der Waals surface area (Å²) in [6.07, 6.45) is 5.97. The van der Waals surface area contributed by atoms with E-state index in [1.54, 1.807) is 7.11 Å². The lowest BCUT2D eigenvalue weighted by molar-refractivity contribution is 0.0980. The Morgan fingerprint density at radius 2 is 2.11 bits per heavy atom. The number of hydrogen-bond donors (Lipinski definition) is 1. The molecule has 0 saturated heterocycles. The van der Waals surface area contributed by atoms with Gasteiger partial charge in [-0.3, -0.25) is 0 Å². The number of nitrogens with zero attached hydrogens (tertiary/aromatic N) is 1. The number of thiazole rings is 1. The molecule has 0 bridgehead atoms. The van der Waals surface area contributed by atoms with Crippen molar-refractivity contribution in [2.24, 2.45) is 0 Å². The van der Waals surface area contributed by atoms with Gasteiger partial charge in [0.1, 0.15) is 5.01 Å². The largest absolute Gasteiger partial charge is 0.382 e. The number of rotatable bonds is 6. The van der Waals surface area contributed by atoms with Gasteiger partial charge in [0.25, 0.3) is 0 Å². The quantitative estimate of drug-likeness (QED) is 0.869. The summed E-state index contributed by atoms with van der Waals surface area (Å²) in [5.74, 6) is 0. The molecule has 2 rings (SSSR count). The molecule has 1 aromatic rings. The fourth-order valence-electron chi connectivity index (χ4n) is 2.88. The number of ether oxygens (including phenoxy) is 1. The normalized spacial score (nSPS) is 18.4. The maximum atomic E-state index is 5.49. The van der Waals surface area contributed by atoms with E-state index in [4.69, 9.17) is 9.72 Å². The number of fused-ring (bicyclic) bond motifs is 1. The molecule has 0 aliphatic heterocycles. The molecule has 108 valence electrons. The van der Waals surface area contributed by atoms with Crippen LogP contribution in [0, 0.1) is 0 Å². The fraction of sp³-hybridized carbons (Fsp3) is 0.800. The minimum atomic E-state index is -0.120. The highest BCUT2D eigenvalue weighted by Crippen LogP contribution is 2.35. The topological polar surface area (TPSA) is 34.1 Å². The molecule has 0 fully saturated rings. The maximum absolute atomic E-state index is 5.49. The number of nitrogens with one attached hydrogen (secondary N) is 1. The number of methoxy groups -OCH3 is 1. The average Bonchev–Trinajstić information content (AvgIpc) is 2.81. The van der Waals surface area contributed by atoms with E-state index in [9.17, 15) is 0 Å². The Balaban J connectivity index is 2.33. The summed E-state index contributed by atoms with van der Waals surface area (Å²) in [6.45, 7) is 7.28. The molecule has 19 heavy (non-hydrogen) atoms. The van der Waals surface area contributed by atoms with Crippen molar-refractivity contribution in [1.29, 1.82) is 0 Å². The highest BCUT2D eigenvalue weighted by molar-refractivity contribution is 7.11. The van der Waals surface area contributed by atoms with Gasteiger partial charge >= 0.3 is 0 Å². The summed E-state index contributed by atoms with van der Waals surface area (Å²) in [5, 5.41) is 4.91. The van der Waals surface area contributed by atoms with Gasteiger partial charge in [0.15, 0.2) is 0 Å². The molecule has 1 heterocycles. The molecule has 1 aliphatic carbocycles. The summed E-state index contributed by atoms with van der Waals surface area (Å²) in [5.41, 5.74) is 1.22. The van der Waals surface area contributed by atoms with Crippen molar-refractivity contribution in [3.05, 3.63) is 15.6 Å². The molecule has 0 aromatic carbocycles. The van der Waals surface area contributed by atoms with Crippen LogP contribution in [0.4, 0.5) is 0 Å². The fourth-order valence-corrected chi connectivity index (χ4v) is 4.23. The van der Waals surface area contributed by atoms with Gasteiger partial charge in [-0.15, -0.1) is 11.3 Å². The van der Waals surface area contributed by atoms with Crippen molar-refractivity contribution >= 4 is 11.3 Å². The summed E-state index contributed by atoms with van der Waals surface area (Å²) in [7, 11) is 1.78. The van der Waals surface area contributed by atoms with Crippen LogP contribution in [0.3, 0.4) is 0 Å². The third kappa shape index (κ3) is 3.18. The minimum Gasteiger partial charge on any atom is -0.382 e. The summed E-state index contributed by atoms with van der Waals surface area (Å²) >= 11 is 1.90. The van der Waals surface area contributed by atoms with Gasteiger partial charge in [0, 0.05) is 18.0 Å². The first kappa shape index (κ1) is 14.9. The van der Waals surface area contributed by atoms with E-state index in [-0.39, 0.29) is 5.54 Å². The first-order valence-corrected chi connectivity index (χ1v) is 8.18. The zero-order valence-corrected chi connectivity index (χ0v) is 13.4. The second-order valence-corrected chi connectivity index (χ2v) is 6.85. The third-order valence-corrected chi connectivity index (χ3v) is 5.18. The van der Waals surface area contributed by atoms with E-state index in [0.717, 1.165) is 12.8 Å². The third-order valence-electron chi connectivity index (χ3n) is 3.81. The smallest absolute Gasteiger partial charge is 0.116 e. The molecule has 3 nitrogen and oxygen atoms in total. The van der Waals surface area contributed by atoms with Gasteiger partial charge in [-0.2, -0.15) is 0 Å². The zero-order valence-electron chi connectivity index (χ0n) is 12.6. The summed E-state index contributed by atoms with van der Waals surface area (Å²) < 4.78 is 5.49. The summed E-state index contributed by atoms with van der Waals surface area (Å²) in [6, 6.07) is 0.427. The van der Waals surface area contributed by atoms with E-state index in [1.165, 1.54) is 34.8 Å². The van der Waals surface area contributed by atoms with Crippen LogP contribution >= 0.6 is 11.3 Å². The molecule has 0 radical (unpaired) electrons. The molecular formula is C15H26N2OS. The molecule has 1 aliphatic rings. The van der Waals surface area contributed by atoms with Crippen molar-refractivity contribution in [3.63, 3.8) is 0 Å². The number of aryl methyl sites for hydroxylation is 2. The van der Waals surface area contributed by atoms with E-state index < -0.39 is 0 Å².